The molecule has 10 heteroatoms. The molecule has 6 nitrogen and oxygen atoms in total. The van der Waals surface area contributed by atoms with Gasteiger partial charge in [-0.05, 0) is 54.9 Å². The first-order chi connectivity index (χ1) is 12.3. The summed E-state index contributed by atoms with van der Waals surface area (Å²) < 4.78 is 44.9. The molecule has 26 heavy (non-hydrogen) atoms. The molecular weight excluding hydrogens is 367 g/mol. The predicted molar refractivity (Wildman–Crippen MR) is 88.9 cm³/mol. The van der Waals surface area contributed by atoms with Crippen LogP contribution in [0.15, 0.2) is 24.5 Å². The van der Waals surface area contributed by atoms with Gasteiger partial charge in [0.05, 0.1) is 11.1 Å². The highest BCUT2D eigenvalue weighted by atomic mass is 32.1. The molecule has 1 aliphatic carbocycles. The van der Waals surface area contributed by atoms with Crippen molar-refractivity contribution in [3.63, 3.8) is 0 Å². The second-order valence-electron chi connectivity index (χ2n) is 6.30. The SMILES string of the molecule is Cc1cc(-c2ccns2)nn2c(C(=O)NC(C3CC3)C(F)(F)F)cnc12. The van der Waals surface area contributed by atoms with Crippen LogP contribution >= 0.6 is 11.5 Å². The van der Waals surface area contributed by atoms with E-state index in [0.29, 0.717) is 24.2 Å². The number of amides is 1. The van der Waals surface area contributed by atoms with Gasteiger partial charge < -0.3 is 5.32 Å². The van der Waals surface area contributed by atoms with Gasteiger partial charge in [-0.3, -0.25) is 4.79 Å². The maximum Gasteiger partial charge on any atom is 0.408 e. The molecule has 4 rings (SSSR count). The standard InChI is InChI=1S/C16H14F3N5OS/c1-8-6-10(12-4-5-21-26-12)23-24-11(7-20-14(8)24)15(25)22-13(9-2-3-9)16(17,18)19/h4-7,9,13H,2-3H2,1H3,(H,22,25). The topological polar surface area (TPSA) is 72.2 Å². The molecule has 0 saturated heterocycles. The van der Waals surface area contributed by atoms with Gasteiger partial charge in [-0.2, -0.15) is 18.3 Å². The molecule has 1 unspecified atom stereocenters. The van der Waals surface area contributed by atoms with Gasteiger partial charge in [0.1, 0.15) is 11.7 Å². The number of aromatic nitrogens is 4. The molecule has 3 heterocycles. The highest BCUT2D eigenvalue weighted by Crippen LogP contribution is 2.40. The first-order valence-electron chi connectivity index (χ1n) is 7.98. The molecule has 0 aromatic carbocycles. The Kier molecular flexibility index (Phi) is 3.94. The molecule has 0 aliphatic heterocycles. The minimum Gasteiger partial charge on any atom is -0.339 e. The van der Waals surface area contributed by atoms with Gasteiger partial charge in [0.25, 0.3) is 5.91 Å². The summed E-state index contributed by atoms with van der Waals surface area (Å²) in [6.45, 7) is 1.80. The number of halogens is 3. The molecule has 0 spiro atoms. The third-order valence-corrected chi connectivity index (χ3v) is 5.08. The second-order valence-corrected chi connectivity index (χ2v) is 7.13. The van der Waals surface area contributed by atoms with Gasteiger partial charge >= 0.3 is 6.18 Å². The molecule has 1 aliphatic rings. The number of carbonyl (C=O) groups is 1. The lowest BCUT2D eigenvalue weighted by atomic mass is 10.1. The molecule has 1 fully saturated rings. The van der Waals surface area contributed by atoms with E-state index < -0.39 is 24.0 Å². The van der Waals surface area contributed by atoms with Gasteiger partial charge in [0.2, 0.25) is 0 Å². The van der Waals surface area contributed by atoms with Gasteiger partial charge in [0, 0.05) is 6.20 Å². The Labute approximate surface area is 150 Å². The van der Waals surface area contributed by atoms with E-state index in [4.69, 9.17) is 0 Å². The predicted octanol–water partition coefficient (Wildman–Crippen LogP) is 3.23. The zero-order valence-electron chi connectivity index (χ0n) is 13.6. The fourth-order valence-electron chi connectivity index (χ4n) is 2.86. The minimum atomic E-state index is -4.48. The molecule has 0 radical (unpaired) electrons. The smallest absolute Gasteiger partial charge is 0.339 e. The van der Waals surface area contributed by atoms with Crippen molar-refractivity contribution in [3.8, 4) is 10.6 Å². The van der Waals surface area contributed by atoms with Crippen molar-refractivity contribution in [2.75, 3.05) is 0 Å². The molecule has 1 atom stereocenters. The first kappa shape index (κ1) is 17.0. The monoisotopic (exact) mass is 381 g/mol. The summed E-state index contributed by atoms with van der Waals surface area (Å²) in [6.07, 6.45) is -0.669. The average molecular weight is 381 g/mol. The second kappa shape index (κ2) is 6.04. The number of fused-ring (bicyclic) bond motifs is 1. The normalized spacial score (nSPS) is 16.0. The van der Waals surface area contributed by atoms with Crippen LogP contribution in [0.1, 0.15) is 28.9 Å². The van der Waals surface area contributed by atoms with Gasteiger partial charge in [-0.1, -0.05) is 0 Å². The first-order valence-corrected chi connectivity index (χ1v) is 8.76. The number of nitrogens with one attached hydrogen (secondary N) is 1. The van der Waals surface area contributed by atoms with E-state index in [1.165, 1.54) is 22.2 Å². The maximum atomic E-state index is 13.2. The largest absolute Gasteiger partial charge is 0.408 e. The average Bonchev–Trinajstić information content (AvgIpc) is 3.09. The Balaban J connectivity index is 1.71. The molecule has 0 bridgehead atoms. The number of carbonyl (C=O) groups excluding carboxylic acids is 1. The number of aryl methyl sites for hydroxylation is 1. The van der Waals surface area contributed by atoms with Crippen molar-refractivity contribution in [2.24, 2.45) is 5.92 Å². The number of hydrogen-bond acceptors (Lipinski definition) is 5. The van der Waals surface area contributed by atoms with Crippen LogP contribution in [0.5, 0.6) is 0 Å². The van der Waals surface area contributed by atoms with Crippen molar-refractivity contribution in [2.45, 2.75) is 32.0 Å². The van der Waals surface area contributed by atoms with Crippen LogP contribution < -0.4 is 5.32 Å². The lowest BCUT2D eigenvalue weighted by Gasteiger charge is -2.21. The zero-order chi connectivity index (χ0) is 18.5. The summed E-state index contributed by atoms with van der Waals surface area (Å²) in [6, 6.07) is 1.74. The number of nitrogens with zero attached hydrogens (tertiary/aromatic N) is 4. The molecule has 3 aromatic rings. The van der Waals surface area contributed by atoms with Crippen molar-refractivity contribution in [1.82, 2.24) is 24.3 Å². The number of hydrogen-bond donors (Lipinski definition) is 1. The molecule has 1 amide bonds. The van der Waals surface area contributed by atoms with Crippen molar-refractivity contribution in [1.29, 1.82) is 0 Å². The molecular formula is C16H14F3N5OS. The third-order valence-electron chi connectivity index (χ3n) is 4.31. The van der Waals surface area contributed by atoms with E-state index in [-0.39, 0.29) is 5.69 Å². The van der Waals surface area contributed by atoms with E-state index in [2.05, 4.69) is 19.8 Å². The van der Waals surface area contributed by atoms with E-state index in [1.54, 1.807) is 25.3 Å². The molecule has 3 aromatic heterocycles. The Bertz CT molecular complexity index is 962. The van der Waals surface area contributed by atoms with Crippen molar-refractivity contribution >= 4 is 23.1 Å². The Morgan fingerprint density at radius 1 is 1.42 bits per heavy atom. The summed E-state index contributed by atoms with van der Waals surface area (Å²) >= 11 is 1.24. The zero-order valence-corrected chi connectivity index (χ0v) is 14.4. The van der Waals surface area contributed by atoms with E-state index in [9.17, 15) is 18.0 Å². The highest BCUT2D eigenvalue weighted by molar-refractivity contribution is 7.09. The fourth-order valence-corrected chi connectivity index (χ4v) is 3.41. The van der Waals surface area contributed by atoms with Crippen LogP contribution in [0.25, 0.3) is 16.2 Å². The van der Waals surface area contributed by atoms with Crippen LogP contribution in [0.3, 0.4) is 0 Å². The van der Waals surface area contributed by atoms with Gasteiger partial charge in [-0.25, -0.2) is 13.9 Å². The Hall–Kier alpha value is -2.49. The maximum absolute atomic E-state index is 13.2. The van der Waals surface area contributed by atoms with Crippen LogP contribution in [-0.2, 0) is 0 Å². The summed E-state index contributed by atoms with van der Waals surface area (Å²) in [5.41, 5.74) is 1.75. The highest BCUT2D eigenvalue weighted by Gasteiger charge is 2.49. The quantitative estimate of drug-likeness (QED) is 0.753. The lowest BCUT2D eigenvalue weighted by molar-refractivity contribution is -0.158. The summed E-state index contributed by atoms with van der Waals surface area (Å²) in [5.74, 6) is -1.39. The fraction of sp³-hybridized carbons (Fsp3) is 0.375. The Morgan fingerprint density at radius 3 is 2.81 bits per heavy atom. The summed E-state index contributed by atoms with van der Waals surface area (Å²) in [7, 11) is 0. The van der Waals surface area contributed by atoms with Crippen molar-refractivity contribution < 1.29 is 18.0 Å². The number of rotatable bonds is 4. The van der Waals surface area contributed by atoms with Gasteiger partial charge in [0.15, 0.2) is 11.3 Å². The van der Waals surface area contributed by atoms with Crippen LogP contribution in [-0.4, -0.2) is 37.1 Å². The Morgan fingerprint density at radius 2 is 2.19 bits per heavy atom. The number of alkyl halides is 3. The van der Waals surface area contributed by atoms with E-state index in [0.717, 1.165) is 10.4 Å². The molecule has 1 N–H and O–H groups in total. The summed E-state index contributed by atoms with van der Waals surface area (Å²) in [5, 5.41) is 6.48. The summed E-state index contributed by atoms with van der Waals surface area (Å²) in [4.78, 5) is 17.4. The molecule has 136 valence electrons. The van der Waals surface area contributed by atoms with Gasteiger partial charge in [-0.15, -0.1) is 0 Å². The van der Waals surface area contributed by atoms with Crippen LogP contribution in [0.4, 0.5) is 13.2 Å². The third kappa shape index (κ3) is 3.05. The van der Waals surface area contributed by atoms with E-state index in [1.807, 2.05) is 0 Å². The van der Waals surface area contributed by atoms with Crippen molar-refractivity contribution in [3.05, 3.63) is 35.8 Å². The van der Waals surface area contributed by atoms with Crippen LogP contribution in [0.2, 0.25) is 0 Å². The number of imidazole rings is 1. The molecule has 1 saturated carbocycles. The minimum absolute atomic E-state index is 0.0237. The van der Waals surface area contributed by atoms with E-state index >= 15 is 0 Å². The lowest BCUT2D eigenvalue weighted by Crippen LogP contribution is -2.47. The van der Waals surface area contributed by atoms with Crippen LogP contribution in [0, 0.1) is 12.8 Å².